The number of rotatable bonds is 5. The molecule has 1 saturated heterocycles. The maximum atomic E-state index is 13.2. The molecule has 1 aromatic heterocycles. The second-order valence-electron chi connectivity index (χ2n) is 10.1. The Labute approximate surface area is 174 Å². The van der Waals surface area contributed by atoms with Gasteiger partial charge in [-0.3, -0.25) is 4.79 Å². The van der Waals surface area contributed by atoms with Crippen LogP contribution in [0.25, 0.3) is 0 Å². The number of aromatic nitrogens is 1. The summed E-state index contributed by atoms with van der Waals surface area (Å²) in [7, 11) is 0. The van der Waals surface area contributed by atoms with Gasteiger partial charge in [-0.2, -0.15) is 13.2 Å². The Kier molecular flexibility index (Phi) is 5.07. The van der Waals surface area contributed by atoms with Crippen molar-refractivity contribution in [1.82, 2.24) is 9.88 Å². The van der Waals surface area contributed by atoms with Gasteiger partial charge in [0, 0.05) is 30.1 Å². The van der Waals surface area contributed by atoms with Gasteiger partial charge >= 0.3 is 6.18 Å². The van der Waals surface area contributed by atoms with Crippen LogP contribution in [0.4, 0.5) is 13.2 Å². The van der Waals surface area contributed by atoms with E-state index in [1.54, 1.807) is 20.8 Å². The van der Waals surface area contributed by atoms with Crippen LogP contribution in [-0.2, 0) is 17.4 Å². The zero-order valence-electron chi connectivity index (χ0n) is 17.6. The van der Waals surface area contributed by atoms with Crippen molar-refractivity contribution in [3.05, 3.63) is 23.4 Å². The van der Waals surface area contributed by atoms with Crippen LogP contribution in [0, 0.1) is 17.3 Å². The minimum Gasteiger partial charge on any atom is -0.475 e. The number of carbonyl (C=O) groups is 1. The maximum Gasteiger partial charge on any atom is 0.421 e. The Morgan fingerprint density at radius 2 is 1.90 bits per heavy atom. The van der Waals surface area contributed by atoms with E-state index in [9.17, 15) is 23.1 Å². The van der Waals surface area contributed by atoms with Gasteiger partial charge in [-0.15, -0.1) is 0 Å². The molecule has 5 nitrogen and oxygen atoms in total. The topological polar surface area (TPSA) is 62.7 Å². The molecule has 0 radical (unpaired) electrons. The van der Waals surface area contributed by atoms with Crippen molar-refractivity contribution < 1.29 is 27.8 Å². The molecule has 2 heterocycles. The normalized spacial score (nSPS) is 28.1. The zero-order valence-corrected chi connectivity index (χ0v) is 17.6. The molecule has 1 spiro atoms. The van der Waals surface area contributed by atoms with Crippen LogP contribution in [0.3, 0.4) is 0 Å². The molecule has 1 amide bonds. The predicted octanol–water partition coefficient (Wildman–Crippen LogP) is 3.83. The van der Waals surface area contributed by atoms with Gasteiger partial charge in [0.25, 0.3) is 0 Å². The first kappa shape index (κ1) is 21.4. The Hall–Kier alpha value is -1.83. The summed E-state index contributed by atoms with van der Waals surface area (Å²) in [4.78, 5) is 18.5. The van der Waals surface area contributed by atoms with Crippen LogP contribution in [0.2, 0.25) is 0 Å². The number of carbonyl (C=O) groups excluding carboxylic acids is 1. The van der Waals surface area contributed by atoms with Crippen molar-refractivity contribution in [2.45, 2.75) is 70.8 Å². The molecule has 166 valence electrons. The van der Waals surface area contributed by atoms with Gasteiger partial charge < -0.3 is 14.7 Å². The van der Waals surface area contributed by atoms with E-state index in [0.29, 0.717) is 30.9 Å². The summed E-state index contributed by atoms with van der Waals surface area (Å²) in [5.74, 6) is 0.114. The molecule has 8 heteroatoms. The number of hydrogen-bond donors (Lipinski definition) is 1. The summed E-state index contributed by atoms with van der Waals surface area (Å²) in [6.45, 7) is 6.63. The molecular formula is C22H29F3N2O3. The van der Waals surface area contributed by atoms with Crippen molar-refractivity contribution in [3.63, 3.8) is 0 Å². The van der Waals surface area contributed by atoms with E-state index in [1.165, 1.54) is 6.07 Å². The Morgan fingerprint density at radius 3 is 2.43 bits per heavy atom. The van der Waals surface area contributed by atoms with Gasteiger partial charge in [0.1, 0.15) is 5.56 Å². The molecule has 0 bridgehead atoms. The Morgan fingerprint density at radius 1 is 1.27 bits per heavy atom. The summed E-state index contributed by atoms with van der Waals surface area (Å²) in [5, 5.41) is 9.82. The third-order valence-corrected chi connectivity index (χ3v) is 6.60. The third kappa shape index (κ3) is 4.15. The van der Waals surface area contributed by atoms with E-state index in [2.05, 4.69) is 4.98 Å². The lowest BCUT2D eigenvalue weighted by molar-refractivity contribution is -0.171. The molecule has 2 aliphatic carbocycles. The molecule has 3 fully saturated rings. The second kappa shape index (κ2) is 7.11. The molecule has 2 saturated carbocycles. The monoisotopic (exact) mass is 426 g/mol. The van der Waals surface area contributed by atoms with Gasteiger partial charge in [0.15, 0.2) is 0 Å². The van der Waals surface area contributed by atoms with Crippen molar-refractivity contribution in [2.75, 3.05) is 13.1 Å². The first-order valence-corrected chi connectivity index (χ1v) is 10.6. The van der Waals surface area contributed by atoms with E-state index in [1.807, 2.05) is 4.90 Å². The standard InChI is InChI=1S/C22H29F3N2O3/c1-13(2)30-18-17(22(23,24)25)5-4-16(26-18)6-14-7-21(8-14)11-27(12-21)19(28)15-9-20(3,29)10-15/h4-5,13-15,29H,6-12H2,1-3H3. The third-order valence-electron chi connectivity index (χ3n) is 6.60. The Bertz CT molecular complexity index is 815. The number of ether oxygens (including phenoxy) is 1. The summed E-state index contributed by atoms with van der Waals surface area (Å²) in [6.07, 6.45) is -1.26. The number of hydrogen-bond acceptors (Lipinski definition) is 4. The molecule has 0 unspecified atom stereocenters. The van der Waals surface area contributed by atoms with Crippen LogP contribution in [0.5, 0.6) is 5.88 Å². The molecule has 1 aromatic rings. The minimum absolute atomic E-state index is 0.0519. The molecule has 4 rings (SSSR count). The average molecular weight is 426 g/mol. The van der Waals surface area contributed by atoms with Crippen molar-refractivity contribution in [1.29, 1.82) is 0 Å². The summed E-state index contributed by atoms with van der Waals surface area (Å²) in [5.41, 5.74) is -0.761. The van der Waals surface area contributed by atoms with E-state index >= 15 is 0 Å². The Balaban J connectivity index is 1.30. The molecule has 0 atom stereocenters. The van der Waals surface area contributed by atoms with Crippen molar-refractivity contribution in [2.24, 2.45) is 17.3 Å². The number of likely N-dealkylation sites (tertiary alicyclic amines) is 1. The van der Waals surface area contributed by atoms with E-state index in [-0.39, 0.29) is 23.1 Å². The fraction of sp³-hybridized carbons (Fsp3) is 0.727. The highest BCUT2D eigenvalue weighted by molar-refractivity contribution is 5.81. The van der Waals surface area contributed by atoms with Crippen LogP contribution in [-0.4, -0.2) is 45.7 Å². The molecule has 3 aliphatic rings. The average Bonchev–Trinajstić information content (AvgIpc) is 2.51. The highest BCUT2D eigenvalue weighted by Gasteiger charge is 2.55. The van der Waals surface area contributed by atoms with Crippen LogP contribution in [0.15, 0.2) is 12.1 Å². The van der Waals surface area contributed by atoms with Gasteiger partial charge in [0.05, 0.1) is 11.7 Å². The van der Waals surface area contributed by atoms with Crippen molar-refractivity contribution >= 4 is 5.91 Å². The smallest absolute Gasteiger partial charge is 0.421 e. The molecular weight excluding hydrogens is 397 g/mol. The van der Waals surface area contributed by atoms with Crippen LogP contribution < -0.4 is 4.74 Å². The first-order chi connectivity index (χ1) is 13.9. The number of amides is 1. The summed E-state index contributed by atoms with van der Waals surface area (Å²) in [6, 6.07) is 2.51. The molecule has 1 aliphatic heterocycles. The van der Waals surface area contributed by atoms with Gasteiger partial charge in [-0.1, -0.05) is 0 Å². The van der Waals surface area contributed by atoms with E-state index < -0.39 is 23.4 Å². The van der Waals surface area contributed by atoms with Crippen molar-refractivity contribution in [3.8, 4) is 5.88 Å². The highest BCUT2D eigenvalue weighted by atomic mass is 19.4. The molecule has 30 heavy (non-hydrogen) atoms. The number of nitrogens with zero attached hydrogens (tertiary/aromatic N) is 2. The van der Waals surface area contributed by atoms with Crippen LogP contribution in [0.1, 0.15) is 57.7 Å². The number of halogens is 3. The van der Waals surface area contributed by atoms with Gasteiger partial charge in [-0.05, 0) is 70.9 Å². The quantitative estimate of drug-likeness (QED) is 0.777. The highest BCUT2D eigenvalue weighted by Crippen LogP contribution is 2.54. The van der Waals surface area contributed by atoms with E-state index in [0.717, 1.165) is 32.0 Å². The maximum absolute atomic E-state index is 13.2. The molecule has 1 N–H and O–H groups in total. The predicted molar refractivity (Wildman–Crippen MR) is 104 cm³/mol. The lowest BCUT2D eigenvalue weighted by atomic mass is 9.56. The summed E-state index contributed by atoms with van der Waals surface area (Å²) >= 11 is 0. The van der Waals surface area contributed by atoms with E-state index in [4.69, 9.17) is 4.74 Å². The van der Waals surface area contributed by atoms with Gasteiger partial charge in [0.2, 0.25) is 11.8 Å². The minimum atomic E-state index is -4.49. The second-order valence-corrected chi connectivity index (χ2v) is 10.1. The summed E-state index contributed by atoms with van der Waals surface area (Å²) < 4.78 is 44.9. The lowest BCUT2D eigenvalue weighted by Crippen LogP contribution is -2.66. The lowest BCUT2D eigenvalue weighted by Gasteiger charge is -2.60. The number of pyridine rings is 1. The molecule has 0 aromatic carbocycles. The number of aliphatic hydroxyl groups is 1. The number of alkyl halides is 3. The largest absolute Gasteiger partial charge is 0.475 e. The van der Waals surface area contributed by atoms with Gasteiger partial charge in [-0.25, -0.2) is 4.98 Å². The van der Waals surface area contributed by atoms with Crippen LogP contribution >= 0.6 is 0 Å². The fourth-order valence-electron chi connectivity index (χ4n) is 5.34. The zero-order chi connectivity index (χ0) is 21.9. The first-order valence-electron chi connectivity index (χ1n) is 10.6. The fourth-order valence-corrected chi connectivity index (χ4v) is 5.34. The SMILES string of the molecule is CC(C)Oc1nc(CC2CC3(C2)CN(C(=O)C2CC(C)(O)C2)C3)ccc1C(F)(F)F.